The maximum atomic E-state index is 4.59. The van der Waals surface area contributed by atoms with Crippen molar-refractivity contribution < 1.29 is 0 Å². The quantitative estimate of drug-likeness (QED) is 0.793. The van der Waals surface area contributed by atoms with Gasteiger partial charge in [0, 0.05) is 18.9 Å². The Kier molecular flexibility index (Phi) is 2.25. The lowest BCUT2D eigenvalue weighted by molar-refractivity contribution is 0.690. The van der Waals surface area contributed by atoms with Gasteiger partial charge in [0.05, 0.1) is 5.70 Å². The first-order valence-electron chi connectivity index (χ1n) is 5.78. The minimum Gasteiger partial charge on any atom is -0.376 e. The molecule has 0 saturated heterocycles. The number of aliphatic imine (C=N–C) groups is 1. The lowest BCUT2D eigenvalue weighted by Crippen LogP contribution is -2.37. The molecule has 2 heterocycles. The molecule has 1 aromatic carbocycles. The molecule has 0 amide bonds. The molecule has 2 aliphatic heterocycles. The fourth-order valence-electron chi connectivity index (χ4n) is 2.27. The zero-order chi connectivity index (χ0) is 11.8. The van der Waals surface area contributed by atoms with Crippen LogP contribution in [0.15, 0.2) is 53.3 Å². The third-order valence-corrected chi connectivity index (χ3v) is 3.14. The van der Waals surface area contributed by atoms with E-state index in [2.05, 4.69) is 52.6 Å². The van der Waals surface area contributed by atoms with Crippen molar-refractivity contribution in [3.63, 3.8) is 0 Å². The third kappa shape index (κ3) is 1.64. The van der Waals surface area contributed by atoms with E-state index in [1.54, 1.807) is 0 Å². The van der Waals surface area contributed by atoms with Gasteiger partial charge in [0.1, 0.15) is 11.9 Å². The van der Waals surface area contributed by atoms with E-state index < -0.39 is 0 Å². The van der Waals surface area contributed by atoms with Gasteiger partial charge < -0.3 is 10.2 Å². The normalized spacial score (nSPS) is 22.4. The predicted molar refractivity (Wildman–Crippen MR) is 70.3 cm³/mol. The molecule has 0 saturated carbocycles. The van der Waals surface area contributed by atoms with E-state index in [9.17, 15) is 0 Å². The van der Waals surface area contributed by atoms with Gasteiger partial charge in [-0.15, -0.1) is 0 Å². The second-order valence-electron chi connectivity index (χ2n) is 4.38. The summed E-state index contributed by atoms with van der Waals surface area (Å²) in [6, 6.07) is 10.6. The predicted octanol–water partition coefficient (Wildman–Crippen LogP) is 2.20. The minimum absolute atomic E-state index is 0.207. The molecule has 1 aromatic rings. The molecule has 3 rings (SSSR count). The Hall–Kier alpha value is -2.03. The van der Waals surface area contributed by atoms with E-state index in [0.717, 1.165) is 11.5 Å². The molecule has 0 fully saturated rings. The zero-order valence-corrected chi connectivity index (χ0v) is 10.0. The number of amidine groups is 1. The summed E-state index contributed by atoms with van der Waals surface area (Å²) in [6.45, 7) is 2.00. The summed E-state index contributed by atoms with van der Waals surface area (Å²) in [5.74, 6) is 1.07. The number of likely N-dealkylation sites (N-methyl/N-ethyl adjacent to an activating group) is 1. The van der Waals surface area contributed by atoms with Crippen LogP contribution in [0.4, 0.5) is 0 Å². The number of fused-ring (bicyclic) bond motifs is 1. The van der Waals surface area contributed by atoms with Gasteiger partial charge in [0.15, 0.2) is 0 Å². The molecule has 0 aliphatic carbocycles. The zero-order valence-electron chi connectivity index (χ0n) is 10.0. The molecule has 3 nitrogen and oxygen atoms in total. The summed E-state index contributed by atoms with van der Waals surface area (Å²) in [7, 11) is 2.07. The van der Waals surface area contributed by atoms with Crippen LogP contribution in [0.3, 0.4) is 0 Å². The van der Waals surface area contributed by atoms with Crippen molar-refractivity contribution in [2.45, 2.75) is 13.0 Å². The largest absolute Gasteiger partial charge is 0.376 e. The van der Waals surface area contributed by atoms with Gasteiger partial charge in [-0.25, -0.2) is 4.99 Å². The van der Waals surface area contributed by atoms with Crippen LogP contribution in [0.25, 0.3) is 5.70 Å². The van der Waals surface area contributed by atoms with Crippen molar-refractivity contribution >= 4 is 11.5 Å². The summed E-state index contributed by atoms with van der Waals surface area (Å²) in [5, 5.41) is 3.35. The Bertz CT molecular complexity index is 526. The highest BCUT2D eigenvalue weighted by Gasteiger charge is 2.29. The van der Waals surface area contributed by atoms with Crippen LogP contribution in [-0.4, -0.2) is 23.8 Å². The van der Waals surface area contributed by atoms with Crippen molar-refractivity contribution in [1.29, 1.82) is 0 Å². The molecule has 1 atom stereocenters. The first-order valence-corrected chi connectivity index (χ1v) is 5.78. The highest BCUT2D eigenvalue weighted by atomic mass is 15.2. The average molecular weight is 225 g/mol. The first-order chi connectivity index (χ1) is 8.25. The van der Waals surface area contributed by atoms with Crippen molar-refractivity contribution in [1.82, 2.24) is 10.2 Å². The van der Waals surface area contributed by atoms with Gasteiger partial charge >= 0.3 is 0 Å². The van der Waals surface area contributed by atoms with Gasteiger partial charge in [-0.3, -0.25) is 0 Å². The Labute approximate surface area is 101 Å². The Morgan fingerprint density at radius 3 is 2.76 bits per heavy atom. The molecule has 0 aromatic heterocycles. The molecule has 1 unspecified atom stereocenters. The number of nitrogens with zero attached hydrogens (tertiary/aromatic N) is 2. The van der Waals surface area contributed by atoms with Gasteiger partial charge in [-0.1, -0.05) is 30.3 Å². The maximum absolute atomic E-state index is 4.59. The average Bonchev–Trinajstić information content (AvgIpc) is 2.68. The van der Waals surface area contributed by atoms with Gasteiger partial charge in [0.25, 0.3) is 0 Å². The summed E-state index contributed by atoms with van der Waals surface area (Å²) in [6.07, 6.45) is 4.18. The Morgan fingerprint density at radius 1 is 1.24 bits per heavy atom. The molecule has 0 radical (unpaired) electrons. The van der Waals surface area contributed by atoms with Crippen molar-refractivity contribution in [2.24, 2.45) is 4.99 Å². The molecule has 17 heavy (non-hydrogen) atoms. The number of hydrogen-bond acceptors (Lipinski definition) is 3. The SMILES string of the molecule is CC1=CNC2C=C(c3ccccc3)N(C)C2=N1. The van der Waals surface area contributed by atoms with Crippen molar-refractivity contribution in [2.75, 3.05) is 7.05 Å². The Balaban J connectivity index is 1.98. The minimum atomic E-state index is 0.207. The summed E-state index contributed by atoms with van der Waals surface area (Å²) in [4.78, 5) is 6.75. The number of benzene rings is 1. The van der Waals surface area contributed by atoms with E-state index in [-0.39, 0.29) is 6.04 Å². The molecule has 1 N–H and O–H groups in total. The number of hydrogen-bond donors (Lipinski definition) is 1. The van der Waals surface area contributed by atoms with Gasteiger partial charge in [-0.2, -0.15) is 0 Å². The summed E-state index contributed by atoms with van der Waals surface area (Å²) < 4.78 is 0. The molecular weight excluding hydrogens is 210 g/mol. The summed E-state index contributed by atoms with van der Waals surface area (Å²) in [5.41, 5.74) is 3.46. The topological polar surface area (TPSA) is 27.6 Å². The summed E-state index contributed by atoms with van der Waals surface area (Å²) >= 11 is 0. The molecule has 0 spiro atoms. The number of allylic oxidation sites excluding steroid dienone is 1. The second kappa shape index (κ2) is 3.77. The van der Waals surface area contributed by atoms with Crippen LogP contribution in [0.2, 0.25) is 0 Å². The smallest absolute Gasteiger partial charge is 0.135 e. The molecule has 86 valence electrons. The van der Waals surface area contributed by atoms with E-state index >= 15 is 0 Å². The highest BCUT2D eigenvalue weighted by molar-refractivity contribution is 6.02. The van der Waals surface area contributed by atoms with E-state index in [4.69, 9.17) is 0 Å². The standard InChI is InChI=1S/C14H15N3/c1-10-9-15-12-8-13(17(2)14(12)16-10)11-6-4-3-5-7-11/h3-9,12,15H,1-2H3. The fraction of sp³-hybridized carbons (Fsp3) is 0.214. The van der Waals surface area contributed by atoms with Crippen LogP contribution in [-0.2, 0) is 0 Å². The Morgan fingerprint density at radius 2 is 2.00 bits per heavy atom. The maximum Gasteiger partial charge on any atom is 0.135 e. The van der Waals surface area contributed by atoms with E-state index in [1.807, 2.05) is 19.2 Å². The molecule has 2 aliphatic rings. The van der Waals surface area contributed by atoms with Gasteiger partial charge in [0.2, 0.25) is 0 Å². The van der Waals surface area contributed by atoms with E-state index in [0.29, 0.717) is 0 Å². The third-order valence-electron chi connectivity index (χ3n) is 3.14. The van der Waals surface area contributed by atoms with Crippen molar-refractivity contribution in [3.05, 3.63) is 53.9 Å². The lowest BCUT2D eigenvalue weighted by atomic mass is 10.1. The molecule has 0 bridgehead atoms. The molecular formula is C14H15N3. The van der Waals surface area contributed by atoms with Crippen LogP contribution in [0.1, 0.15) is 12.5 Å². The van der Waals surface area contributed by atoms with Gasteiger partial charge in [-0.05, 0) is 18.6 Å². The van der Waals surface area contributed by atoms with Crippen LogP contribution in [0.5, 0.6) is 0 Å². The fourth-order valence-corrected chi connectivity index (χ4v) is 2.27. The number of rotatable bonds is 1. The van der Waals surface area contributed by atoms with Crippen LogP contribution in [0, 0.1) is 0 Å². The van der Waals surface area contributed by atoms with Crippen LogP contribution < -0.4 is 5.32 Å². The van der Waals surface area contributed by atoms with E-state index in [1.165, 1.54) is 11.3 Å². The first kappa shape index (κ1) is 10.1. The number of nitrogens with one attached hydrogen (secondary N) is 1. The van der Waals surface area contributed by atoms with Crippen LogP contribution >= 0.6 is 0 Å². The molecule has 3 heteroatoms. The monoisotopic (exact) mass is 225 g/mol. The highest BCUT2D eigenvalue weighted by Crippen LogP contribution is 2.27. The van der Waals surface area contributed by atoms with Crippen molar-refractivity contribution in [3.8, 4) is 0 Å². The second-order valence-corrected chi connectivity index (χ2v) is 4.38. The lowest BCUT2D eigenvalue weighted by Gasteiger charge is -2.22.